The van der Waals surface area contributed by atoms with Crippen LogP contribution < -0.4 is 10.6 Å². The molecule has 28 heavy (non-hydrogen) atoms. The van der Waals surface area contributed by atoms with Gasteiger partial charge in [0.25, 0.3) is 0 Å². The fourth-order valence-corrected chi connectivity index (χ4v) is 2.48. The zero-order valence-electron chi connectivity index (χ0n) is 15.7. The first-order valence-electron chi connectivity index (χ1n) is 8.23. The van der Waals surface area contributed by atoms with Crippen LogP contribution in [0.3, 0.4) is 0 Å². The van der Waals surface area contributed by atoms with Crippen molar-refractivity contribution < 1.29 is 18.0 Å². The van der Waals surface area contributed by atoms with E-state index in [2.05, 4.69) is 15.6 Å². The largest absolute Gasteiger partial charge is 0.347 e. The van der Waals surface area contributed by atoms with E-state index in [0.717, 1.165) is 23.3 Å². The number of carbonyl (C=O) groups excluding carboxylic acids is 1. The van der Waals surface area contributed by atoms with Crippen LogP contribution >= 0.6 is 24.0 Å². The minimum atomic E-state index is -1.63. The van der Waals surface area contributed by atoms with Gasteiger partial charge in [-0.3, -0.25) is 9.79 Å². The Morgan fingerprint density at radius 3 is 2.43 bits per heavy atom. The summed E-state index contributed by atoms with van der Waals surface area (Å²) < 4.78 is 39.8. The number of halogens is 4. The molecule has 0 aliphatic carbocycles. The average molecular weight is 506 g/mol. The molecular weight excluding hydrogens is 484 g/mol. The summed E-state index contributed by atoms with van der Waals surface area (Å²) in [6.07, 6.45) is 0. The van der Waals surface area contributed by atoms with Gasteiger partial charge in [-0.1, -0.05) is 24.3 Å². The summed E-state index contributed by atoms with van der Waals surface area (Å²) >= 11 is 0. The van der Waals surface area contributed by atoms with E-state index < -0.39 is 29.0 Å². The maximum Gasteiger partial charge on any atom is 0.243 e. The summed E-state index contributed by atoms with van der Waals surface area (Å²) in [7, 11) is 3.39. The number of hydrogen-bond acceptors (Lipinski definition) is 2. The van der Waals surface area contributed by atoms with Gasteiger partial charge in [-0.2, -0.15) is 0 Å². The SMILES string of the molecule is CN=C(NCC(=O)Nc1ccc(F)c(F)c1F)N(C)Cc1ccccc1C.I. The van der Waals surface area contributed by atoms with E-state index in [9.17, 15) is 18.0 Å². The van der Waals surface area contributed by atoms with E-state index in [0.29, 0.717) is 12.5 Å². The minimum Gasteiger partial charge on any atom is -0.347 e. The minimum absolute atomic E-state index is 0. The third-order valence-electron chi connectivity index (χ3n) is 3.96. The Labute approximate surface area is 179 Å². The molecule has 0 atom stereocenters. The molecule has 0 saturated heterocycles. The molecule has 0 aliphatic rings. The van der Waals surface area contributed by atoms with Crippen LogP contribution in [0.15, 0.2) is 41.4 Å². The monoisotopic (exact) mass is 506 g/mol. The Morgan fingerprint density at radius 2 is 1.79 bits per heavy atom. The topological polar surface area (TPSA) is 56.7 Å². The molecule has 0 fully saturated rings. The molecule has 152 valence electrons. The van der Waals surface area contributed by atoms with Gasteiger partial charge in [0, 0.05) is 20.6 Å². The number of guanidine groups is 1. The highest BCUT2D eigenvalue weighted by atomic mass is 127. The first-order valence-corrected chi connectivity index (χ1v) is 8.23. The predicted octanol–water partition coefficient (Wildman–Crippen LogP) is 3.68. The Balaban J connectivity index is 0.00000392. The van der Waals surface area contributed by atoms with Crippen LogP contribution in [0.25, 0.3) is 0 Å². The highest BCUT2D eigenvalue weighted by Crippen LogP contribution is 2.19. The van der Waals surface area contributed by atoms with E-state index in [4.69, 9.17) is 0 Å². The number of hydrogen-bond donors (Lipinski definition) is 2. The number of aliphatic imine (C=N–C) groups is 1. The summed E-state index contributed by atoms with van der Waals surface area (Å²) in [5.41, 5.74) is 1.81. The molecule has 2 aromatic carbocycles. The van der Waals surface area contributed by atoms with Crippen LogP contribution in [0.2, 0.25) is 0 Å². The van der Waals surface area contributed by atoms with Crippen molar-refractivity contribution in [1.29, 1.82) is 0 Å². The molecule has 2 N–H and O–H groups in total. The number of benzene rings is 2. The lowest BCUT2D eigenvalue weighted by Crippen LogP contribution is -2.42. The second kappa shape index (κ2) is 10.9. The average Bonchev–Trinajstić information content (AvgIpc) is 2.64. The third kappa shape index (κ3) is 6.11. The van der Waals surface area contributed by atoms with Gasteiger partial charge in [0.2, 0.25) is 5.91 Å². The molecule has 9 heteroatoms. The van der Waals surface area contributed by atoms with Crippen LogP contribution in [-0.2, 0) is 11.3 Å². The Kier molecular flexibility index (Phi) is 9.23. The zero-order valence-corrected chi connectivity index (χ0v) is 18.1. The molecule has 0 aliphatic heterocycles. The Bertz CT molecular complexity index is 861. The smallest absolute Gasteiger partial charge is 0.243 e. The first-order chi connectivity index (χ1) is 12.8. The van der Waals surface area contributed by atoms with Crippen LogP contribution in [0.4, 0.5) is 18.9 Å². The number of nitrogens with zero attached hydrogens (tertiary/aromatic N) is 2. The quantitative estimate of drug-likeness (QED) is 0.282. The maximum absolute atomic E-state index is 13.6. The van der Waals surface area contributed by atoms with Crippen molar-refractivity contribution in [2.24, 2.45) is 4.99 Å². The van der Waals surface area contributed by atoms with Crippen molar-refractivity contribution in [3.8, 4) is 0 Å². The van der Waals surface area contributed by atoms with E-state index in [1.54, 1.807) is 7.05 Å². The molecule has 2 rings (SSSR count). The van der Waals surface area contributed by atoms with E-state index >= 15 is 0 Å². The van der Waals surface area contributed by atoms with Crippen molar-refractivity contribution in [2.45, 2.75) is 13.5 Å². The van der Waals surface area contributed by atoms with Crippen molar-refractivity contribution >= 4 is 41.5 Å². The van der Waals surface area contributed by atoms with Gasteiger partial charge in [0.15, 0.2) is 23.4 Å². The molecule has 5 nitrogen and oxygen atoms in total. The van der Waals surface area contributed by atoms with Crippen LogP contribution in [0.5, 0.6) is 0 Å². The van der Waals surface area contributed by atoms with Gasteiger partial charge >= 0.3 is 0 Å². The molecule has 0 saturated carbocycles. The summed E-state index contributed by atoms with van der Waals surface area (Å²) in [5.74, 6) is -4.55. The molecule has 0 unspecified atom stereocenters. The molecule has 1 amide bonds. The van der Waals surface area contributed by atoms with E-state index in [-0.39, 0.29) is 30.5 Å². The lowest BCUT2D eigenvalue weighted by atomic mass is 10.1. The first kappa shape index (κ1) is 23.7. The molecule has 2 aromatic rings. The van der Waals surface area contributed by atoms with Gasteiger partial charge in [0.1, 0.15) is 0 Å². The second-order valence-corrected chi connectivity index (χ2v) is 5.95. The Hall–Kier alpha value is -2.30. The molecular formula is C19H22F3IN4O. The van der Waals surface area contributed by atoms with Crippen LogP contribution in [0, 0.1) is 24.4 Å². The normalized spacial score (nSPS) is 10.9. The molecule has 0 aromatic heterocycles. The number of nitrogens with one attached hydrogen (secondary N) is 2. The zero-order chi connectivity index (χ0) is 20.0. The third-order valence-corrected chi connectivity index (χ3v) is 3.96. The summed E-state index contributed by atoms with van der Waals surface area (Å²) in [4.78, 5) is 17.9. The fraction of sp³-hybridized carbons (Fsp3) is 0.263. The summed E-state index contributed by atoms with van der Waals surface area (Å²) in [6, 6.07) is 9.60. The Morgan fingerprint density at radius 1 is 1.11 bits per heavy atom. The van der Waals surface area contributed by atoms with Crippen LogP contribution in [-0.4, -0.2) is 37.4 Å². The van der Waals surface area contributed by atoms with Crippen molar-refractivity contribution in [3.05, 3.63) is 65.0 Å². The lowest BCUT2D eigenvalue weighted by Gasteiger charge is -2.22. The standard InChI is InChI=1S/C19H21F3N4O.HI/c1-12-6-4-5-7-13(12)11-26(3)19(23-2)24-10-16(27)25-15-9-8-14(20)17(21)18(15)22;/h4-9H,10-11H2,1-3H3,(H,23,24)(H,25,27);1H. The number of carbonyl (C=O) groups is 1. The lowest BCUT2D eigenvalue weighted by molar-refractivity contribution is -0.115. The maximum atomic E-state index is 13.6. The van der Waals surface area contributed by atoms with Crippen molar-refractivity contribution in [2.75, 3.05) is 26.0 Å². The van der Waals surface area contributed by atoms with Gasteiger partial charge in [-0.25, -0.2) is 13.2 Å². The highest BCUT2D eigenvalue weighted by molar-refractivity contribution is 14.0. The van der Waals surface area contributed by atoms with Gasteiger partial charge in [-0.05, 0) is 30.2 Å². The van der Waals surface area contributed by atoms with E-state index in [1.165, 1.54) is 0 Å². The second-order valence-electron chi connectivity index (χ2n) is 5.95. The fourth-order valence-electron chi connectivity index (χ4n) is 2.48. The van der Waals surface area contributed by atoms with Gasteiger partial charge in [-0.15, -0.1) is 24.0 Å². The molecule has 0 bridgehead atoms. The highest BCUT2D eigenvalue weighted by Gasteiger charge is 2.16. The van der Waals surface area contributed by atoms with Crippen molar-refractivity contribution in [3.63, 3.8) is 0 Å². The predicted molar refractivity (Wildman–Crippen MR) is 114 cm³/mol. The van der Waals surface area contributed by atoms with Crippen molar-refractivity contribution in [1.82, 2.24) is 10.2 Å². The van der Waals surface area contributed by atoms with E-state index in [1.807, 2.05) is 43.1 Å². The number of anilines is 1. The van der Waals surface area contributed by atoms with Gasteiger partial charge < -0.3 is 15.5 Å². The van der Waals surface area contributed by atoms with Gasteiger partial charge in [0.05, 0.1) is 12.2 Å². The molecule has 0 radical (unpaired) electrons. The molecule has 0 heterocycles. The van der Waals surface area contributed by atoms with Crippen LogP contribution in [0.1, 0.15) is 11.1 Å². The number of rotatable bonds is 5. The molecule has 0 spiro atoms. The summed E-state index contributed by atoms with van der Waals surface area (Å²) in [6.45, 7) is 2.36. The number of aryl methyl sites for hydroxylation is 1. The number of amides is 1. The summed E-state index contributed by atoms with van der Waals surface area (Å²) in [5, 5.41) is 5.05.